The highest BCUT2D eigenvalue weighted by atomic mass is 15.5. The van der Waals surface area contributed by atoms with E-state index in [1.165, 1.54) is 0 Å². The quantitative estimate of drug-likeness (QED) is 0.415. The van der Waals surface area contributed by atoms with Crippen LogP contribution in [0.25, 0.3) is 27.6 Å². The molecule has 2 N–H and O–H groups in total. The molecule has 0 saturated carbocycles. The van der Waals surface area contributed by atoms with Crippen LogP contribution >= 0.6 is 0 Å². The molecule has 0 unspecified atom stereocenters. The van der Waals surface area contributed by atoms with Crippen molar-refractivity contribution in [1.82, 2.24) is 30.6 Å². The third-order valence-corrected chi connectivity index (χ3v) is 4.36. The molecule has 0 saturated heterocycles. The Morgan fingerprint density at radius 3 is 2.57 bits per heavy atom. The molecular formula is C19H17N9. The Bertz CT molecular complexity index is 1230. The molecule has 0 aliphatic rings. The van der Waals surface area contributed by atoms with E-state index in [1.54, 1.807) is 6.20 Å². The Balaban J connectivity index is 1.76. The molecule has 2 aromatic heterocycles. The number of nitrogens with zero attached hydrogens (tertiary/aromatic N) is 7. The molecular weight excluding hydrogens is 354 g/mol. The van der Waals surface area contributed by atoms with E-state index in [0.717, 1.165) is 39.0 Å². The molecule has 0 fully saturated rings. The molecule has 28 heavy (non-hydrogen) atoms. The fourth-order valence-electron chi connectivity index (χ4n) is 2.82. The van der Waals surface area contributed by atoms with Gasteiger partial charge >= 0.3 is 0 Å². The summed E-state index contributed by atoms with van der Waals surface area (Å²) in [5, 5.41) is 25.9. The van der Waals surface area contributed by atoms with Crippen LogP contribution in [0, 0.1) is 18.3 Å². The highest BCUT2D eigenvalue weighted by Crippen LogP contribution is 2.25. The van der Waals surface area contributed by atoms with Crippen LogP contribution in [0.4, 0.5) is 11.4 Å². The van der Waals surface area contributed by atoms with Crippen molar-refractivity contribution in [2.24, 2.45) is 0 Å². The van der Waals surface area contributed by atoms with Crippen LogP contribution in [-0.4, -0.2) is 44.7 Å². The van der Waals surface area contributed by atoms with Gasteiger partial charge in [-0.15, -0.1) is 10.2 Å². The van der Waals surface area contributed by atoms with E-state index in [2.05, 4.69) is 32.0 Å². The van der Waals surface area contributed by atoms with Gasteiger partial charge in [0.2, 0.25) is 5.82 Å². The van der Waals surface area contributed by atoms with Crippen LogP contribution in [0.5, 0.6) is 0 Å². The van der Waals surface area contributed by atoms with Crippen molar-refractivity contribution in [2.75, 3.05) is 24.3 Å². The molecule has 4 aromatic rings. The fourth-order valence-corrected chi connectivity index (χ4v) is 2.82. The normalized spacial score (nSPS) is 11.6. The van der Waals surface area contributed by atoms with Crippen LogP contribution in [0.3, 0.4) is 0 Å². The molecule has 0 aliphatic heterocycles. The van der Waals surface area contributed by atoms with Crippen LogP contribution in [0.1, 0.15) is 11.4 Å². The smallest absolute Gasteiger partial charge is 0.216 e. The summed E-state index contributed by atoms with van der Waals surface area (Å²) in [5.41, 5.74) is 6.39. The molecule has 2 heterocycles. The second kappa shape index (κ2) is 6.92. The van der Waals surface area contributed by atoms with E-state index in [0.29, 0.717) is 0 Å². The lowest BCUT2D eigenvalue weighted by atomic mass is 10.1. The highest BCUT2D eigenvalue weighted by molar-refractivity contribution is 5.90. The van der Waals surface area contributed by atoms with E-state index < -0.39 is 0 Å². The van der Waals surface area contributed by atoms with Gasteiger partial charge in [-0.1, -0.05) is 0 Å². The Labute approximate surface area is 160 Å². The number of H-pyrrole nitrogens is 1. The van der Waals surface area contributed by atoms with Gasteiger partial charge in [0.15, 0.2) is 0 Å². The summed E-state index contributed by atoms with van der Waals surface area (Å²) in [4.78, 5) is 11.5. The number of hydrogen-bond acceptors (Lipinski definition) is 8. The number of aromatic amines is 1. The molecule has 0 bridgehead atoms. The molecule has 0 atom stereocenters. The number of hydrogen-bond donors (Lipinski definition) is 2. The number of benzene rings is 2. The van der Waals surface area contributed by atoms with Crippen molar-refractivity contribution in [3.63, 3.8) is 0 Å². The van der Waals surface area contributed by atoms with Crippen LogP contribution in [0.15, 0.2) is 36.5 Å². The average molecular weight is 371 g/mol. The summed E-state index contributed by atoms with van der Waals surface area (Å²) in [6.45, 7) is 1.97. The van der Waals surface area contributed by atoms with Gasteiger partial charge in [-0.05, 0) is 48.0 Å². The zero-order chi connectivity index (χ0) is 19.7. The van der Waals surface area contributed by atoms with Crippen molar-refractivity contribution < 1.29 is 0 Å². The first kappa shape index (κ1) is 17.4. The minimum absolute atomic E-state index is 0.232. The molecule has 4 rings (SSSR count). The number of allylic oxidation sites excluding steroid dienone is 1. The summed E-state index contributed by atoms with van der Waals surface area (Å²) in [5.74, 6) is 0.232. The van der Waals surface area contributed by atoms with Crippen molar-refractivity contribution in [3.8, 4) is 6.07 Å². The number of aromatic nitrogens is 6. The third kappa shape index (κ3) is 3.19. The number of aryl methyl sites for hydroxylation is 1. The number of nitrogens with one attached hydrogen (secondary N) is 2. The van der Waals surface area contributed by atoms with E-state index in [-0.39, 0.29) is 11.4 Å². The molecule has 2 aromatic carbocycles. The van der Waals surface area contributed by atoms with Crippen LogP contribution in [-0.2, 0) is 0 Å². The van der Waals surface area contributed by atoms with Gasteiger partial charge in [0, 0.05) is 31.7 Å². The number of tetrazole rings is 1. The van der Waals surface area contributed by atoms with Crippen molar-refractivity contribution in [3.05, 3.63) is 47.9 Å². The number of rotatable bonds is 4. The minimum Gasteiger partial charge on any atom is -0.378 e. The maximum absolute atomic E-state index is 9.30. The van der Waals surface area contributed by atoms with Crippen molar-refractivity contribution >= 4 is 39.0 Å². The lowest BCUT2D eigenvalue weighted by Gasteiger charge is -2.13. The largest absolute Gasteiger partial charge is 0.378 e. The van der Waals surface area contributed by atoms with E-state index in [1.807, 2.05) is 56.3 Å². The molecule has 0 amide bonds. The minimum atomic E-state index is 0.232. The zero-order valence-electron chi connectivity index (χ0n) is 15.6. The van der Waals surface area contributed by atoms with Crippen LogP contribution in [0.2, 0.25) is 0 Å². The molecule has 138 valence electrons. The summed E-state index contributed by atoms with van der Waals surface area (Å²) in [6, 6.07) is 12.0. The average Bonchev–Trinajstić information content (AvgIpc) is 3.21. The Morgan fingerprint density at radius 2 is 1.86 bits per heavy atom. The molecule has 0 spiro atoms. The second-order valence-corrected chi connectivity index (χ2v) is 6.50. The van der Waals surface area contributed by atoms with Gasteiger partial charge in [0.05, 0.1) is 22.1 Å². The van der Waals surface area contributed by atoms with Gasteiger partial charge in [0.25, 0.3) is 0 Å². The van der Waals surface area contributed by atoms with Gasteiger partial charge in [0.1, 0.15) is 11.6 Å². The second-order valence-electron chi connectivity index (χ2n) is 6.50. The molecule has 0 radical (unpaired) electrons. The molecule has 9 heteroatoms. The first-order valence-corrected chi connectivity index (χ1v) is 8.55. The van der Waals surface area contributed by atoms with E-state index in [4.69, 9.17) is 9.97 Å². The standard InChI is InChI=1S/C19H17N9/c1-11-6-16-18(23-17-7-13(28(2)3)4-5-14(17)22-16)8-15(11)21-10-12(9-20)19-24-26-27-25-19/h4-8,10,21H,1-3H3,(H,24,25,26,27). The van der Waals surface area contributed by atoms with E-state index in [9.17, 15) is 5.26 Å². The first-order valence-electron chi connectivity index (χ1n) is 8.55. The van der Waals surface area contributed by atoms with Crippen molar-refractivity contribution in [1.29, 1.82) is 5.26 Å². The predicted octanol–water partition coefficient (Wildman–Crippen LogP) is 2.65. The van der Waals surface area contributed by atoms with Crippen molar-refractivity contribution in [2.45, 2.75) is 6.92 Å². The van der Waals surface area contributed by atoms with Gasteiger partial charge in [-0.25, -0.2) is 9.97 Å². The maximum atomic E-state index is 9.30. The summed E-state index contributed by atoms with van der Waals surface area (Å²) < 4.78 is 0. The number of nitriles is 1. The van der Waals surface area contributed by atoms with Gasteiger partial charge in [-0.2, -0.15) is 10.5 Å². The monoisotopic (exact) mass is 371 g/mol. The highest BCUT2D eigenvalue weighted by Gasteiger charge is 2.09. The lowest BCUT2D eigenvalue weighted by molar-refractivity contribution is 0.881. The summed E-state index contributed by atoms with van der Waals surface area (Å²) in [7, 11) is 3.98. The lowest BCUT2D eigenvalue weighted by Crippen LogP contribution is -2.08. The summed E-state index contributed by atoms with van der Waals surface area (Å²) >= 11 is 0. The van der Waals surface area contributed by atoms with E-state index >= 15 is 0 Å². The summed E-state index contributed by atoms with van der Waals surface area (Å²) in [6.07, 6.45) is 1.55. The predicted molar refractivity (Wildman–Crippen MR) is 107 cm³/mol. The Morgan fingerprint density at radius 1 is 1.11 bits per heavy atom. The Kier molecular flexibility index (Phi) is 4.29. The number of anilines is 2. The van der Waals surface area contributed by atoms with Gasteiger partial charge < -0.3 is 10.2 Å². The van der Waals surface area contributed by atoms with Gasteiger partial charge in [-0.3, -0.25) is 0 Å². The maximum Gasteiger partial charge on any atom is 0.216 e. The SMILES string of the molecule is Cc1cc2nc3ccc(N(C)C)cc3nc2cc1NC=C(C#N)c1nn[nH]n1. The third-order valence-electron chi connectivity index (χ3n) is 4.36. The fraction of sp³-hybridized carbons (Fsp3) is 0.158. The number of fused-ring (bicyclic) bond motifs is 2. The zero-order valence-corrected chi connectivity index (χ0v) is 15.6. The molecule has 9 nitrogen and oxygen atoms in total. The Hall–Kier alpha value is -4.06. The van der Waals surface area contributed by atoms with Crippen LogP contribution < -0.4 is 10.2 Å². The topological polar surface area (TPSA) is 119 Å². The molecule has 0 aliphatic carbocycles. The first-order chi connectivity index (χ1) is 13.5.